The maximum Gasteiger partial charge on any atom is 0.235 e. The van der Waals surface area contributed by atoms with Crippen molar-refractivity contribution in [1.82, 2.24) is 0 Å². The topological polar surface area (TPSA) is 38.7 Å². The van der Waals surface area contributed by atoms with Gasteiger partial charge in [0.15, 0.2) is 0 Å². The zero-order chi connectivity index (χ0) is 10.6. The van der Waals surface area contributed by atoms with Crippen molar-refractivity contribution < 1.29 is 9.53 Å². The van der Waals surface area contributed by atoms with Crippen LogP contribution >= 0.6 is 0 Å². The van der Waals surface area contributed by atoms with E-state index in [-0.39, 0.29) is 0 Å². The van der Waals surface area contributed by atoms with Crippen molar-refractivity contribution in [2.24, 2.45) is 4.99 Å². The number of methoxy groups -OCH3 is 1. The lowest BCUT2D eigenvalue weighted by atomic mass is 10.1. The normalized spacial score (nSPS) is 9.36. The number of ether oxygens (including phenoxy) is 1. The number of aryl methyl sites for hydroxylation is 2. The molecule has 0 radical (unpaired) electrons. The van der Waals surface area contributed by atoms with E-state index in [1.807, 2.05) is 26.0 Å². The maximum atomic E-state index is 9.95. The molecule has 3 nitrogen and oxygen atoms in total. The summed E-state index contributed by atoms with van der Waals surface area (Å²) in [5, 5.41) is 0. The van der Waals surface area contributed by atoms with Crippen molar-refractivity contribution in [2.75, 3.05) is 7.11 Å². The molecule has 3 heteroatoms. The van der Waals surface area contributed by atoms with Crippen LogP contribution in [-0.2, 0) is 11.3 Å². The fourth-order valence-electron chi connectivity index (χ4n) is 1.58. The first-order valence-corrected chi connectivity index (χ1v) is 4.36. The average molecular weight is 191 g/mol. The zero-order valence-corrected chi connectivity index (χ0v) is 8.63. The molecular weight excluding hydrogens is 178 g/mol. The molecule has 1 aromatic carbocycles. The molecular formula is C11H13NO2. The van der Waals surface area contributed by atoms with Gasteiger partial charge in [0.1, 0.15) is 5.75 Å². The van der Waals surface area contributed by atoms with Gasteiger partial charge in [0.25, 0.3) is 0 Å². The van der Waals surface area contributed by atoms with Crippen LogP contribution in [0.15, 0.2) is 17.1 Å². The number of rotatable bonds is 3. The standard InChI is InChI=1S/C11H13NO2/c1-8-4-10(6-12-7-13)5-9(2)11(8)14-3/h4-5H,6H2,1-3H3. The minimum Gasteiger partial charge on any atom is -0.496 e. The first-order valence-electron chi connectivity index (χ1n) is 4.36. The zero-order valence-electron chi connectivity index (χ0n) is 8.63. The predicted octanol–water partition coefficient (Wildman–Crippen LogP) is 2.15. The molecule has 0 heterocycles. The Labute approximate surface area is 83.4 Å². The lowest BCUT2D eigenvalue weighted by Gasteiger charge is -2.09. The summed E-state index contributed by atoms with van der Waals surface area (Å²) in [5.41, 5.74) is 3.12. The van der Waals surface area contributed by atoms with E-state index in [1.165, 1.54) is 6.08 Å². The highest BCUT2D eigenvalue weighted by molar-refractivity contribution is 5.43. The number of hydrogen-bond acceptors (Lipinski definition) is 3. The Morgan fingerprint density at radius 3 is 2.36 bits per heavy atom. The average Bonchev–Trinajstić information content (AvgIpc) is 2.14. The first kappa shape index (κ1) is 10.5. The van der Waals surface area contributed by atoms with Gasteiger partial charge in [0.2, 0.25) is 6.08 Å². The highest BCUT2D eigenvalue weighted by Crippen LogP contribution is 2.24. The van der Waals surface area contributed by atoms with Crippen LogP contribution in [0.4, 0.5) is 0 Å². The number of hydrogen-bond donors (Lipinski definition) is 0. The Morgan fingerprint density at radius 2 is 1.93 bits per heavy atom. The van der Waals surface area contributed by atoms with Crippen molar-refractivity contribution >= 4 is 6.08 Å². The second-order valence-corrected chi connectivity index (χ2v) is 3.17. The number of aliphatic imine (C=N–C) groups is 1. The van der Waals surface area contributed by atoms with E-state index in [2.05, 4.69) is 4.99 Å². The van der Waals surface area contributed by atoms with Crippen molar-refractivity contribution in [1.29, 1.82) is 0 Å². The van der Waals surface area contributed by atoms with E-state index in [0.29, 0.717) is 6.54 Å². The predicted molar refractivity (Wildman–Crippen MR) is 54.3 cm³/mol. The molecule has 14 heavy (non-hydrogen) atoms. The second-order valence-electron chi connectivity index (χ2n) is 3.17. The third-order valence-electron chi connectivity index (χ3n) is 2.05. The van der Waals surface area contributed by atoms with Crippen molar-refractivity contribution in [3.63, 3.8) is 0 Å². The SMILES string of the molecule is COc1c(C)cc(CN=C=O)cc1C. The molecule has 0 aliphatic carbocycles. The summed E-state index contributed by atoms with van der Waals surface area (Å²) < 4.78 is 5.23. The van der Waals surface area contributed by atoms with Gasteiger partial charge in [-0.25, -0.2) is 9.79 Å². The third kappa shape index (κ3) is 2.21. The number of benzene rings is 1. The van der Waals surface area contributed by atoms with Gasteiger partial charge in [-0.15, -0.1) is 0 Å². The lowest BCUT2D eigenvalue weighted by Crippen LogP contribution is -1.93. The molecule has 0 bridgehead atoms. The number of carbonyl (C=O) groups excluding carboxylic acids is 1. The Hall–Kier alpha value is -1.60. The van der Waals surface area contributed by atoms with Gasteiger partial charge in [-0.3, -0.25) is 0 Å². The summed E-state index contributed by atoms with van der Waals surface area (Å²) in [4.78, 5) is 13.5. The fourth-order valence-corrected chi connectivity index (χ4v) is 1.58. The molecule has 0 aliphatic rings. The largest absolute Gasteiger partial charge is 0.496 e. The van der Waals surface area contributed by atoms with Crippen LogP contribution < -0.4 is 4.74 Å². The Bertz CT molecular complexity index is 356. The summed E-state index contributed by atoms with van der Waals surface area (Å²) in [6.07, 6.45) is 1.53. The molecule has 1 aromatic rings. The minimum atomic E-state index is 0.384. The van der Waals surface area contributed by atoms with E-state index < -0.39 is 0 Å². The summed E-state index contributed by atoms with van der Waals surface area (Å²) in [7, 11) is 1.65. The molecule has 0 atom stereocenters. The highest BCUT2D eigenvalue weighted by atomic mass is 16.5. The molecule has 0 fully saturated rings. The quantitative estimate of drug-likeness (QED) is 0.542. The van der Waals surface area contributed by atoms with Gasteiger partial charge in [-0.05, 0) is 30.5 Å². The molecule has 0 saturated carbocycles. The fraction of sp³-hybridized carbons (Fsp3) is 0.364. The van der Waals surface area contributed by atoms with Crippen molar-refractivity contribution in [3.05, 3.63) is 28.8 Å². The minimum absolute atomic E-state index is 0.384. The Morgan fingerprint density at radius 1 is 1.36 bits per heavy atom. The monoisotopic (exact) mass is 191 g/mol. The van der Waals surface area contributed by atoms with Crippen LogP contribution in [0.2, 0.25) is 0 Å². The van der Waals surface area contributed by atoms with Crippen LogP contribution in [0.25, 0.3) is 0 Å². The highest BCUT2D eigenvalue weighted by Gasteiger charge is 2.04. The van der Waals surface area contributed by atoms with Gasteiger partial charge < -0.3 is 4.74 Å². The van der Waals surface area contributed by atoms with Crippen molar-refractivity contribution in [3.8, 4) is 5.75 Å². The van der Waals surface area contributed by atoms with E-state index in [1.54, 1.807) is 7.11 Å². The molecule has 74 valence electrons. The Balaban J connectivity index is 3.07. The summed E-state index contributed by atoms with van der Waals surface area (Å²) >= 11 is 0. The summed E-state index contributed by atoms with van der Waals surface area (Å²) in [5.74, 6) is 0.892. The molecule has 0 unspecified atom stereocenters. The Kier molecular flexibility index (Phi) is 3.43. The molecule has 0 amide bonds. The van der Waals surface area contributed by atoms with E-state index in [9.17, 15) is 4.79 Å². The van der Waals surface area contributed by atoms with Crippen LogP contribution in [0.3, 0.4) is 0 Å². The number of nitrogens with zero attached hydrogens (tertiary/aromatic N) is 1. The second kappa shape index (κ2) is 4.58. The molecule has 0 spiro atoms. The van der Waals surface area contributed by atoms with Gasteiger partial charge in [-0.1, -0.05) is 12.1 Å². The lowest BCUT2D eigenvalue weighted by molar-refractivity contribution is 0.408. The van der Waals surface area contributed by atoms with Gasteiger partial charge in [0, 0.05) is 0 Å². The maximum absolute atomic E-state index is 9.95. The molecule has 0 N–H and O–H groups in total. The molecule has 1 rings (SSSR count). The number of isocyanates is 1. The van der Waals surface area contributed by atoms with Crippen LogP contribution in [-0.4, -0.2) is 13.2 Å². The first-order chi connectivity index (χ1) is 6.69. The molecule has 0 aromatic heterocycles. The third-order valence-corrected chi connectivity index (χ3v) is 2.05. The van der Waals surface area contributed by atoms with Crippen LogP contribution in [0.5, 0.6) is 5.75 Å². The van der Waals surface area contributed by atoms with Gasteiger partial charge in [-0.2, -0.15) is 0 Å². The molecule has 0 saturated heterocycles. The van der Waals surface area contributed by atoms with E-state index >= 15 is 0 Å². The van der Waals surface area contributed by atoms with E-state index in [0.717, 1.165) is 22.4 Å². The smallest absolute Gasteiger partial charge is 0.235 e. The van der Waals surface area contributed by atoms with Gasteiger partial charge >= 0.3 is 0 Å². The molecule has 0 aliphatic heterocycles. The van der Waals surface area contributed by atoms with Crippen molar-refractivity contribution in [2.45, 2.75) is 20.4 Å². The van der Waals surface area contributed by atoms with E-state index in [4.69, 9.17) is 4.74 Å². The van der Waals surface area contributed by atoms with Crippen LogP contribution in [0.1, 0.15) is 16.7 Å². The summed E-state index contributed by atoms with van der Waals surface area (Å²) in [6, 6.07) is 3.93. The summed E-state index contributed by atoms with van der Waals surface area (Å²) in [6.45, 7) is 4.33. The van der Waals surface area contributed by atoms with Crippen LogP contribution in [0, 0.1) is 13.8 Å². The van der Waals surface area contributed by atoms with Gasteiger partial charge in [0.05, 0.1) is 13.7 Å².